The Balaban J connectivity index is -0.0000000439. The summed E-state index contributed by atoms with van der Waals surface area (Å²) in [6, 6.07) is 0. The average molecular weight is 639 g/mol. The molecular formula is C21H36N3Na3O15. The summed E-state index contributed by atoms with van der Waals surface area (Å²) in [4.78, 5) is 86.5. The molecule has 0 unspecified atom stereocenters. The van der Waals surface area contributed by atoms with Crippen molar-refractivity contribution in [3.05, 3.63) is 0 Å². The molecule has 0 spiro atoms. The number of hydrogen-bond acceptors (Lipinski definition) is 15. The van der Waals surface area contributed by atoms with E-state index in [9.17, 15) is 58.5 Å². The third-order valence-corrected chi connectivity index (χ3v) is 2.16. The molecule has 18 nitrogen and oxygen atoms in total. The van der Waals surface area contributed by atoms with Gasteiger partial charge in [0.15, 0.2) is 0 Å². The largest absolute Gasteiger partial charge is 1.00 e. The van der Waals surface area contributed by atoms with Crippen LogP contribution in [0.1, 0.15) is 40.0 Å². The third-order valence-electron chi connectivity index (χ3n) is 2.16. The van der Waals surface area contributed by atoms with Gasteiger partial charge in [-0.2, -0.15) is 0 Å². The molecule has 0 aliphatic rings. The Bertz CT molecular complexity index is 647. The van der Waals surface area contributed by atoms with Gasteiger partial charge in [-0.1, -0.05) is 0 Å². The van der Waals surface area contributed by atoms with Crippen molar-refractivity contribution in [2.24, 2.45) is 0 Å². The fourth-order valence-electron chi connectivity index (χ4n) is 1.06. The van der Waals surface area contributed by atoms with Gasteiger partial charge in [-0.05, 0) is 41.9 Å². The van der Waals surface area contributed by atoms with E-state index in [0.29, 0.717) is 0 Å². The van der Waals surface area contributed by atoms with Gasteiger partial charge in [-0.15, -0.1) is 0 Å². The number of rotatable bonds is 12. The van der Waals surface area contributed by atoms with Crippen LogP contribution in [0.5, 0.6) is 0 Å². The Kier molecular flexibility index (Phi) is 75.1. The van der Waals surface area contributed by atoms with Crippen molar-refractivity contribution < 1.29 is 162 Å². The van der Waals surface area contributed by atoms with Crippen molar-refractivity contribution in [3.63, 3.8) is 0 Å². The van der Waals surface area contributed by atoms with Crippen LogP contribution in [0.2, 0.25) is 0 Å². The zero-order valence-electron chi connectivity index (χ0n) is 25.5. The van der Waals surface area contributed by atoms with Crippen molar-refractivity contribution in [2.75, 3.05) is 40.8 Å². The summed E-state index contributed by atoms with van der Waals surface area (Å²) in [5.41, 5.74) is 0. The SMILES string of the molecule is CC(=O)CC(=O)[O-].CC(=O)CC(=O)[O-].CC(=O)CC(=O)[O-].CNCC(=O)O.CNCC(=O)O.CNCC(=O)O.[Na+].[Na+].[Na+]. The van der Waals surface area contributed by atoms with Gasteiger partial charge < -0.3 is 61.0 Å². The third kappa shape index (κ3) is 142. The predicted octanol–water partition coefficient (Wildman–Crippen LogP) is -15.0. The average Bonchev–Trinajstić information content (AvgIpc) is 2.66. The molecule has 0 aromatic carbocycles. The second-order valence-corrected chi connectivity index (χ2v) is 6.52. The van der Waals surface area contributed by atoms with Crippen LogP contribution in [-0.4, -0.2) is 109 Å². The molecule has 0 aromatic rings. The molecule has 0 bridgehead atoms. The topological polar surface area (TPSA) is 320 Å². The second-order valence-electron chi connectivity index (χ2n) is 6.52. The molecular weight excluding hydrogens is 603 g/mol. The first-order chi connectivity index (χ1) is 17.7. The molecule has 42 heavy (non-hydrogen) atoms. The van der Waals surface area contributed by atoms with Gasteiger partial charge in [0.2, 0.25) is 0 Å². The van der Waals surface area contributed by atoms with E-state index in [4.69, 9.17) is 15.3 Å². The van der Waals surface area contributed by atoms with Crippen molar-refractivity contribution in [1.29, 1.82) is 0 Å². The molecule has 0 saturated heterocycles. The molecule has 0 heterocycles. The van der Waals surface area contributed by atoms with Gasteiger partial charge in [0.25, 0.3) is 0 Å². The van der Waals surface area contributed by atoms with Crippen LogP contribution < -0.4 is 120 Å². The molecule has 0 rings (SSSR count). The standard InChI is InChI=1S/3C4H6O3.3C3H7NO2.3Na/c3*1-3(5)2-4(6)7;3*1-4-2-3(5)6;;;/h3*2H2,1H3,(H,6,7);3*4H,2H2,1H3,(H,5,6);;;/q;;;;;;3*+1/p-3. The molecule has 6 N–H and O–H groups in total. The van der Waals surface area contributed by atoms with Gasteiger partial charge in [-0.25, -0.2) is 0 Å². The summed E-state index contributed by atoms with van der Waals surface area (Å²) in [6.07, 6.45) is -1.42. The van der Waals surface area contributed by atoms with Crippen LogP contribution in [0, 0.1) is 0 Å². The molecule has 0 aliphatic heterocycles. The van der Waals surface area contributed by atoms with Crippen molar-refractivity contribution in [1.82, 2.24) is 16.0 Å². The smallest absolute Gasteiger partial charge is 0.550 e. The Hall–Kier alpha value is -1.29. The van der Waals surface area contributed by atoms with E-state index in [-0.39, 0.29) is 126 Å². The summed E-state index contributed by atoms with van der Waals surface area (Å²) < 4.78 is 0. The van der Waals surface area contributed by atoms with Gasteiger partial charge in [0, 0.05) is 37.2 Å². The molecule has 0 fully saturated rings. The maximum Gasteiger partial charge on any atom is 1.00 e. The first-order valence-corrected chi connectivity index (χ1v) is 10.4. The van der Waals surface area contributed by atoms with Crippen molar-refractivity contribution in [3.8, 4) is 0 Å². The molecule has 0 atom stereocenters. The van der Waals surface area contributed by atoms with Gasteiger partial charge in [-0.3, -0.25) is 28.8 Å². The maximum atomic E-state index is 9.83. The van der Waals surface area contributed by atoms with Gasteiger partial charge in [0.1, 0.15) is 17.3 Å². The molecule has 0 aliphatic carbocycles. The minimum absolute atomic E-state index is 0. The molecule has 228 valence electrons. The second kappa shape index (κ2) is 49.4. The normalized spacial score (nSPS) is 7.57. The summed E-state index contributed by atoms with van der Waals surface area (Å²) in [7, 11) is 4.77. The Morgan fingerprint density at radius 2 is 0.595 bits per heavy atom. The zero-order valence-corrected chi connectivity index (χ0v) is 31.5. The van der Waals surface area contributed by atoms with E-state index in [1.54, 1.807) is 21.1 Å². The first kappa shape index (κ1) is 63.8. The molecule has 0 saturated carbocycles. The van der Waals surface area contributed by atoms with Crippen LogP contribution in [0.15, 0.2) is 0 Å². The van der Waals surface area contributed by atoms with E-state index in [2.05, 4.69) is 16.0 Å². The zero-order chi connectivity index (χ0) is 32.6. The molecule has 0 aromatic heterocycles. The van der Waals surface area contributed by atoms with E-state index < -0.39 is 55.1 Å². The number of carbonyl (C=O) groups is 9. The van der Waals surface area contributed by atoms with Crippen molar-refractivity contribution >= 4 is 53.2 Å². The summed E-state index contributed by atoms with van der Waals surface area (Å²) in [5.74, 6) is -7.53. The first-order valence-electron chi connectivity index (χ1n) is 10.4. The van der Waals surface area contributed by atoms with Crippen LogP contribution in [-0.2, 0) is 43.2 Å². The summed E-state index contributed by atoms with van der Waals surface area (Å²) >= 11 is 0. The monoisotopic (exact) mass is 639 g/mol. The van der Waals surface area contributed by atoms with Gasteiger partial charge >= 0.3 is 107 Å². The number of nitrogens with one attached hydrogen (secondary N) is 3. The minimum atomic E-state index is -1.31. The quantitative estimate of drug-likeness (QED) is 0.0852. The molecule has 21 heteroatoms. The number of carboxylic acid groups (broad SMARTS) is 6. The number of carbonyl (C=O) groups excluding carboxylic acids is 6. The number of carboxylic acids is 6. The van der Waals surface area contributed by atoms with E-state index in [1.807, 2.05) is 0 Å². The fraction of sp³-hybridized carbons (Fsp3) is 0.571. The number of hydrogen-bond donors (Lipinski definition) is 6. The minimum Gasteiger partial charge on any atom is -0.550 e. The summed E-state index contributed by atoms with van der Waals surface area (Å²) in [6.45, 7) is 3.74. The number of aliphatic carboxylic acids is 6. The summed E-state index contributed by atoms with van der Waals surface area (Å²) in [5, 5.41) is 59.4. The number of Topliss-reactive ketones (excluding diaryl/α,β-unsaturated/α-hetero) is 3. The molecule has 0 amide bonds. The Morgan fingerprint density at radius 1 is 0.452 bits per heavy atom. The van der Waals surface area contributed by atoms with E-state index in [0.717, 1.165) is 0 Å². The van der Waals surface area contributed by atoms with Gasteiger partial charge in [0.05, 0.1) is 19.6 Å². The van der Waals surface area contributed by atoms with E-state index in [1.165, 1.54) is 20.8 Å². The number of likely N-dealkylation sites (N-methyl/N-ethyl adjacent to an activating group) is 3. The van der Waals surface area contributed by atoms with E-state index >= 15 is 0 Å². The van der Waals surface area contributed by atoms with Crippen LogP contribution >= 0.6 is 0 Å². The Morgan fingerprint density at radius 3 is 0.595 bits per heavy atom. The Labute approximate surface area is 309 Å². The van der Waals surface area contributed by atoms with Crippen LogP contribution in [0.3, 0.4) is 0 Å². The van der Waals surface area contributed by atoms with Crippen LogP contribution in [0.4, 0.5) is 0 Å². The molecule has 0 radical (unpaired) electrons. The fourth-order valence-corrected chi connectivity index (χ4v) is 1.06. The maximum absolute atomic E-state index is 9.83. The predicted molar refractivity (Wildman–Crippen MR) is 126 cm³/mol. The number of ketones is 3. The van der Waals surface area contributed by atoms with Crippen LogP contribution in [0.25, 0.3) is 0 Å². The van der Waals surface area contributed by atoms with Crippen molar-refractivity contribution in [2.45, 2.75) is 40.0 Å².